The minimum absolute atomic E-state index is 0.243. The second kappa shape index (κ2) is 6.82. The summed E-state index contributed by atoms with van der Waals surface area (Å²) >= 11 is 0. The monoisotopic (exact) mass is 304 g/mol. The molecule has 0 amide bonds. The number of aliphatic hydroxyl groups excluding tert-OH is 1. The van der Waals surface area contributed by atoms with Crippen LogP contribution in [-0.2, 0) is 0 Å². The highest BCUT2D eigenvalue weighted by atomic mass is 16.3. The summed E-state index contributed by atoms with van der Waals surface area (Å²) in [4.78, 5) is 13.7. The lowest BCUT2D eigenvalue weighted by Gasteiger charge is -2.36. The molecule has 1 aromatic rings. The fourth-order valence-corrected chi connectivity index (χ4v) is 3.69. The van der Waals surface area contributed by atoms with Crippen LogP contribution < -0.4 is 9.80 Å². The fraction of sp³-hybridized carbons (Fsp3) is 0.765. The normalized spacial score (nSPS) is 27.8. The molecule has 2 aliphatic heterocycles. The van der Waals surface area contributed by atoms with Crippen molar-refractivity contribution in [2.75, 3.05) is 36.0 Å². The number of aromatic nitrogens is 2. The molecule has 5 nitrogen and oxygen atoms in total. The van der Waals surface area contributed by atoms with E-state index in [2.05, 4.69) is 32.8 Å². The van der Waals surface area contributed by atoms with Gasteiger partial charge in [-0.3, -0.25) is 0 Å². The maximum absolute atomic E-state index is 9.86. The zero-order valence-corrected chi connectivity index (χ0v) is 13.8. The minimum Gasteiger partial charge on any atom is -0.393 e. The average molecular weight is 304 g/mol. The third-order valence-corrected chi connectivity index (χ3v) is 5.08. The molecule has 122 valence electrons. The van der Waals surface area contributed by atoms with Gasteiger partial charge >= 0.3 is 0 Å². The number of rotatable bonds is 3. The Morgan fingerprint density at radius 2 is 1.73 bits per heavy atom. The van der Waals surface area contributed by atoms with E-state index in [1.54, 1.807) is 6.33 Å². The van der Waals surface area contributed by atoms with Gasteiger partial charge in [-0.15, -0.1) is 0 Å². The number of anilines is 2. The van der Waals surface area contributed by atoms with Crippen LogP contribution in [0.4, 0.5) is 11.6 Å². The lowest BCUT2D eigenvalue weighted by Crippen LogP contribution is -2.40. The number of nitrogens with zero attached hydrogens (tertiary/aromatic N) is 4. The van der Waals surface area contributed by atoms with Crippen molar-refractivity contribution >= 4 is 11.6 Å². The Kier molecular flexibility index (Phi) is 4.81. The molecule has 3 rings (SSSR count). The van der Waals surface area contributed by atoms with Gasteiger partial charge in [0.15, 0.2) is 0 Å². The molecule has 0 spiro atoms. The Morgan fingerprint density at radius 1 is 1.09 bits per heavy atom. The molecule has 1 aromatic heterocycles. The summed E-state index contributed by atoms with van der Waals surface area (Å²) in [6.07, 6.45) is 6.23. The minimum atomic E-state index is -0.243. The summed E-state index contributed by atoms with van der Waals surface area (Å²) < 4.78 is 0. The van der Waals surface area contributed by atoms with Gasteiger partial charge in [-0.2, -0.15) is 0 Å². The molecule has 5 heteroatoms. The van der Waals surface area contributed by atoms with Crippen LogP contribution in [0, 0.1) is 11.8 Å². The average Bonchev–Trinajstić information content (AvgIpc) is 2.55. The van der Waals surface area contributed by atoms with Crippen LogP contribution in [0.3, 0.4) is 0 Å². The first kappa shape index (κ1) is 15.5. The maximum Gasteiger partial charge on any atom is 0.134 e. The Balaban J connectivity index is 1.73. The SMILES string of the molecule is CC1CCCN(c2cc(N3CCCC(C(C)O)C3)ncn2)C1. The van der Waals surface area contributed by atoms with Crippen LogP contribution in [0.5, 0.6) is 0 Å². The van der Waals surface area contributed by atoms with Crippen molar-refractivity contribution in [2.24, 2.45) is 11.8 Å². The summed E-state index contributed by atoms with van der Waals surface area (Å²) in [5, 5.41) is 9.86. The number of hydrogen-bond acceptors (Lipinski definition) is 5. The summed E-state index contributed by atoms with van der Waals surface area (Å²) in [5.74, 6) is 3.15. The third kappa shape index (κ3) is 3.51. The molecule has 3 unspecified atom stereocenters. The third-order valence-electron chi connectivity index (χ3n) is 5.08. The van der Waals surface area contributed by atoms with Gasteiger partial charge in [0.1, 0.15) is 18.0 Å². The van der Waals surface area contributed by atoms with Crippen LogP contribution in [0.25, 0.3) is 0 Å². The first-order chi connectivity index (χ1) is 10.6. The van der Waals surface area contributed by atoms with Crippen molar-refractivity contribution in [3.05, 3.63) is 12.4 Å². The molecule has 22 heavy (non-hydrogen) atoms. The lowest BCUT2D eigenvalue weighted by molar-refractivity contribution is 0.115. The van der Waals surface area contributed by atoms with E-state index in [1.807, 2.05) is 6.92 Å². The van der Waals surface area contributed by atoms with E-state index in [-0.39, 0.29) is 6.10 Å². The standard InChI is InChI=1S/C17H28N4O/c1-13-5-3-7-20(10-13)16-9-17(19-12-18-16)21-8-4-6-15(11-21)14(2)22/h9,12-15,22H,3-8,10-11H2,1-2H3. The largest absolute Gasteiger partial charge is 0.393 e. The second-order valence-electron chi connectivity index (χ2n) is 7.02. The molecule has 1 N–H and O–H groups in total. The molecule has 2 fully saturated rings. The van der Waals surface area contributed by atoms with Crippen molar-refractivity contribution in [1.82, 2.24) is 9.97 Å². The smallest absolute Gasteiger partial charge is 0.134 e. The van der Waals surface area contributed by atoms with Crippen LogP contribution in [0.2, 0.25) is 0 Å². The van der Waals surface area contributed by atoms with E-state index < -0.39 is 0 Å². The highest BCUT2D eigenvalue weighted by Crippen LogP contribution is 2.27. The van der Waals surface area contributed by atoms with Gasteiger partial charge in [-0.05, 0) is 38.5 Å². The zero-order valence-electron chi connectivity index (χ0n) is 13.8. The molecule has 0 aliphatic carbocycles. The molecule has 0 radical (unpaired) electrons. The Morgan fingerprint density at radius 3 is 2.36 bits per heavy atom. The molecule has 2 aliphatic rings. The highest BCUT2D eigenvalue weighted by Gasteiger charge is 2.25. The predicted molar refractivity (Wildman–Crippen MR) is 89.3 cm³/mol. The van der Waals surface area contributed by atoms with Crippen molar-refractivity contribution in [2.45, 2.75) is 45.6 Å². The van der Waals surface area contributed by atoms with Gasteiger partial charge in [-0.1, -0.05) is 6.92 Å². The fourth-order valence-electron chi connectivity index (χ4n) is 3.69. The zero-order chi connectivity index (χ0) is 15.5. The van der Waals surface area contributed by atoms with E-state index in [0.717, 1.165) is 56.6 Å². The second-order valence-corrected chi connectivity index (χ2v) is 7.02. The Bertz CT molecular complexity index is 493. The van der Waals surface area contributed by atoms with Gasteiger partial charge in [0.2, 0.25) is 0 Å². The Hall–Kier alpha value is -1.36. The van der Waals surface area contributed by atoms with Crippen molar-refractivity contribution < 1.29 is 5.11 Å². The first-order valence-electron chi connectivity index (χ1n) is 8.63. The molecule has 2 saturated heterocycles. The van der Waals surface area contributed by atoms with Crippen molar-refractivity contribution in [3.8, 4) is 0 Å². The van der Waals surface area contributed by atoms with E-state index >= 15 is 0 Å². The number of piperidine rings is 2. The summed E-state index contributed by atoms with van der Waals surface area (Å²) in [6, 6.07) is 2.13. The van der Waals surface area contributed by atoms with E-state index in [9.17, 15) is 5.11 Å². The summed E-state index contributed by atoms with van der Waals surface area (Å²) in [7, 11) is 0. The topological polar surface area (TPSA) is 52.5 Å². The molecule has 3 atom stereocenters. The van der Waals surface area contributed by atoms with Crippen molar-refractivity contribution in [1.29, 1.82) is 0 Å². The molecular formula is C17H28N4O. The van der Waals surface area contributed by atoms with Crippen LogP contribution in [0.1, 0.15) is 39.5 Å². The van der Waals surface area contributed by atoms with Gasteiger partial charge in [-0.25, -0.2) is 9.97 Å². The van der Waals surface area contributed by atoms with Gasteiger partial charge in [0.25, 0.3) is 0 Å². The first-order valence-corrected chi connectivity index (χ1v) is 8.63. The van der Waals surface area contributed by atoms with E-state index in [0.29, 0.717) is 5.92 Å². The summed E-state index contributed by atoms with van der Waals surface area (Å²) in [6.45, 7) is 8.31. The number of hydrogen-bond donors (Lipinski definition) is 1. The quantitative estimate of drug-likeness (QED) is 0.928. The van der Waals surface area contributed by atoms with Gasteiger partial charge in [0.05, 0.1) is 6.10 Å². The van der Waals surface area contributed by atoms with E-state index in [4.69, 9.17) is 0 Å². The van der Waals surface area contributed by atoms with Crippen LogP contribution >= 0.6 is 0 Å². The van der Waals surface area contributed by atoms with Gasteiger partial charge in [0, 0.05) is 38.2 Å². The highest BCUT2D eigenvalue weighted by molar-refractivity contribution is 5.50. The van der Waals surface area contributed by atoms with Crippen LogP contribution in [0.15, 0.2) is 12.4 Å². The van der Waals surface area contributed by atoms with Crippen LogP contribution in [-0.4, -0.2) is 47.4 Å². The number of aliphatic hydroxyl groups is 1. The Labute approximate surface area is 133 Å². The lowest BCUT2D eigenvalue weighted by atomic mass is 9.93. The molecule has 0 bridgehead atoms. The maximum atomic E-state index is 9.86. The summed E-state index contributed by atoms with van der Waals surface area (Å²) in [5.41, 5.74) is 0. The molecule has 0 saturated carbocycles. The predicted octanol–water partition coefficient (Wildman–Crippen LogP) is 2.31. The molecule has 3 heterocycles. The van der Waals surface area contributed by atoms with Crippen molar-refractivity contribution in [3.63, 3.8) is 0 Å². The molecular weight excluding hydrogens is 276 g/mol. The van der Waals surface area contributed by atoms with E-state index in [1.165, 1.54) is 12.8 Å². The van der Waals surface area contributed by atoms with Gasteiger partial charge < -0.3 is 14.9 Å². The molecule has 0 aromatic carbocycles.